The lowest BCUT2D eigenvalue weighted by Gasteiger charge is -2.30. The number of benzene rings is 2. The van der Waals surface area contributed by atoms with Crippen molar-refractivity contribution in [2.24, 2.45) is 5.92 Å². The lowest BCUT2D eigenvalue weighted by atomic mass is 9.95. The zero-order valence-corrected chi connectivity index (χ0v) is 16.9. The molecule has 1 heterocycles. The molecule has 0 aromatic heterocycles. The van der Waals surface area contributed by atoms with Crippen molar-refractivity contribution < 1.29 is 27.8 Å². The molecule has 1 aliphatic rings. The van der Waals surface area contributed by atoms with Gasteiger partial charge in [-0.3, -0.25) is 9.59 Å². The molecular formula is C22H24F2N2O4. The molecule has 3 rings (SSSR count). The van der Waals surface area contributed by atoms with Crippen LogP contribution in [-0.4, -0.2) is 43.5 Å². The van der Waals surface area contributed by atoms with Crippen molar-refractivity contribution in [3.05, 3.63) is 42.5 Å². The fraction of sp³-hybridized carbons (Fsp3) is 0.364. The first-order chi connectivity index (χ1) is 14.4. The topological polar surface area (TPSA) is 67.9 Å². The number of alkyl halides is 2. The Hall–Kier alpha value is -3.16. The Morgan fingerprint density at radius 1 is 1.10 bits per heavy atom. The third kappa shape index (κ3) is 5.25. The summed E-state index contributed by atoms with van der Waals surface area (Å²) in [5.41, 5.74) is 1.57. The van der Waals surface area contributed by atoms with Crippen molar-refractivity contribution in [1.29, 1.82) is 0 Å². The lowest BCUT2D eigenvalue weighted by Crippen LogP contribution is -2.40. The Bertz CT molecular complexity index is 895. The van der Waals surface area contributed by atoms with Gasteiger partial charge in [-0.2, -0.15) is 8.78 Å². The van der Waals surface area contributed by atoms with Gasteiger partial charge in [0.05, 0.1) is 7.11 Å². The van der Waals surface area contributed by atoms with Gasteiger partial charge in [0, 0.05) is 37.2 Å². The van der Waals surface area contributed by atoms with E-state index in [2.05, 4.69) is 10.1 Å². The van der Waals surface area contributed by atoms with E-state index in [1.165, 1.54) is 26.2 Å². The van der Waals surface area contributed by atoms with Crippen LogP contribution in [0.25, 0.3) is 11.1 Å². The number of carbonyl (C=O) groups is 2. The highest BCUT2D eigenvalue weighted by Gasteiger charge is 2.26. The fourth-order valence-corrected chi connectivity index (χ4v) is 3.50. The summed E-state index contributed by atoms with van der Waals surface area (Å²) in [7, 11) is 1.54. The largest absolute Gasteiger partial charge is 0.497 e. The Morgan fingerprint density at radius 2 is 1.77 bits per heavy atom. The van der Waals surface area contributed by atoms with E-state index in [1.807, 2.05) is 0 Å². The minimum absolute atomic E-state index is 0.00705. The molecule has 0 spiro atoms. The molecule has 1 aliphatic heterocycles. The number of carbonyl (C=O) groups excluding carboxylic acids is 2. The molecule has 160 valence electrons. The maximum Gasteiger partial charge on any atom is 0.387 e. The number of methoxy groups -OCH3 is 1. The van der Waals surface area contributed by atoms with Crippen molar-refractivity contribution >= 4 is 17.5 Å². The number of likely N-dealkylation sites (tertiary alicyclic amines) is 1. The van der Waals surface area contributed by atoms with Crippen LogP contribution in [0, 0.1) is 5.92 Å². The van der Waals surface area contributed by atoms with E-state index in [9.17, 15) is 18.4 Å². The summed E-state index contributed by atoms with van der Waals surface area (Å²) in [4.78, 5) is 25.8. The molecule has 1 saturated heterocycles. The number of hydrogen-bond acceptors (Lipinski definition) is 4. The molecule has 2 aromatic rings. The quantitative estimate of drug-likeness (QED) is 0.765. The smallest absolute Gasteiger partial charge is 0.387 e. The first-order valence-electron chi connectivity index (χ1n) is 9.67. The molecule has 2 amide bonds. The van der Waals surface area contributed by atoms with Crippen LogP contribution >= 0.6 is 0 Å². The molecule has 2 aromatic carbocycles. The predicted molar refractivity (Wildman–Crippen MR) is 109 cm³/mol. The average Bonchev–Trinajstić information content (AvgIpc) is 2.74. The van der Waals surface area contributed by atoms with Crippen LogP contribution in [0.1, 0.15) is 19.8 Å². The average molecular weight is 418 g/mol. The summed E-state index contributed by atoms with van der Waals surface area (Å²) in [5.74, 6) is 0.301. The van der Waals surface area contributed by atoms with Gasteiger partial charge in [-0.05, 0) is 48.7 Å². The SMILES string of the molecule is COc1ccc(-c2cc(NC(=O)C3CCN(C(C)=O)CC3)ccc2OC(F)F)cc1. The van der Waals surface area contributed by atoms with Crippen molar-refractivity contribution in [2.75, 3.05) is 25.5 Å². The number of halogens is 2. The first kappa shape index (κ1) is 21.5. The van der Waals surface area contributed by atoms with Gasteiger partial charge in [-0.1, -0.05) is 12.1 Å². The minimum Gasteiger partial charge on any atom is -0.497 e. The summed E-state index contributed by atoms with van der Waals surface area (Å²) in [5, 5.41) is 2.86. The molecule has 0 radical (unpaired) electrons. The standard InChI is InChI=1S/C22H24F2N2O4/c1-14(27)26-11-9-16(10-12-26)21(28)25-17-5-8-20(30-22(23)24)19(13-17)15-3-6-18(29-2)7-4-15/h3-8,13,16,22H,9-12H2,1-2H3,(H,25,28). The van der Waals surface area contributed by atoms with Gasteiger partial charge in [-0.25, -0.2) is 0 Å². The predicted octanol–water partition coefficient (Wildman–Crippen LogP) is 4.16. The van der Waals surface area contributed by atoms with E-state index in [-0.39, 0.29) is 23.5 Å². The van der Waals surface area contributed by atoms with Crippen LogP contribution in [0.3, 0.4) is 0 Å². The molecule has 0 saturated carbocycles. The van der Waals surface area contributed by atoms with E-state index >= 15 is 0 Å². The van der Waals surface area contributed by atoms with Crippen LogP contribution in [-0.2, 0) is 9.59 Å². The van der Waals surface area contributed by atoms with E-state index in [4.69, 9.17) is 4.74 Å². The van der Waals surface area contributed by atoms with E-state index in [0.717, 1.165) is 0 Å². The number of ether oxygens (including phenoxy) is 2. The Labute approximate surface area is 173 Å². The van der Waals surface area contributed by atoms with E-state index in [0.29, 0.717) is 48.5 Å². The summed E-state index contributed by atoms with van der Waals surface area (Å²) in [6, 6.07) is 11.5. The molecule has 1 N–H and O–H groups in total. The van der Waals surface area contributed by atoms with Crippen molar-refractivity contribution in [3.8, 4) is 22.6 Å². The lowest BCUT2D eigenvalue weighted by molar-refractivity contribution is -0.132. The summed E-state index contributed by atoms with van der Waals surface area (Å²) in [6.45, 7) is -0.351. The molecule has 0 unspecified atom stereocenters. The number of hydrogen-bond donors (Lipinski definition) is 1. The highest BCUT2D eigenvalue weighted by Crippen LogP contribution is 2.35. The molecule has 1 fully saturated rings. The van der Waals surface area contributed by atoms with Crippen LogP contribution in [0.2, 0.25) is 0 Å². The highest BCUT2D eigenvalue weighted by molar-refractivity contribution is 5.94. The van der Waals surface area contributed by atoms with Gasteiger partial charge < -0.3 is 19.7 Å². The van der Waals surface area contributed by atoms with Gasteiger partial charge in [0.1, 0.15) is 11.5 Å². The molecule has 0 bridgehead atoms. The zero-order chi connectivity index (χ0) is 21.7. The number of anilines is 1. The Balaban J connectivity index is 1.78. The van der Waals surface area contributed by atoms with Gasteiger partial charge in [0.2, 0.25) is 11.8 Å². The molecular weight excluding hydrogens is 394 g/mol. The minimum atomic E-state index is -2.96. The molecule has 0 atom stereocenters. The van der Waals surface area contributed by atoms with Crippen molar-refractivity contribution in [2.45, 2.75) is 26.4 Å². The number of piperidine rings is 1. The van der Waals surface area contributed by atoms with Gasteiger partial charge in [0.25, 0.3) is 0 Å². The van der Waals surface area contributed by atoms with Crippen LogP contribution < -0.4 is 14.8 Å². The first-order valence-corrected chi connectivity index (χ1v) is 9.67. The summed E-state index contributed by atoms with van der Waals surface area (Å²) >= 11 is 0. The molecule has 8 heteroatoms. The highest BCUT2D eigenvalue weighted by atomic mass is 19.3. The van der Waals surface area contributed by atoms with E-state index in [1.54, 1.807) is 35.2 Å². The monoisotopic (exact) mass is 418 g/mol. The maximum atomic E-state index is 12.8. The third-order valence-corrected chi connectivity index (χ3v) is 5.18. The van der Waals surface area contributed by atoms with Crippen molar-refractivity contribution in [1.82, 2.24) is 4.90 Å². The number of nitrogens with zero attached hydrogens (tertiary/aromatic N) is 1. The fourth-order valence-electron chi connectivity index (χ4n) is 3.50. The Kier molecular flexibility index (Phi) is 6.87. The van der Waals surface area contributed by atoms with Gasteiger partial charge >= 0.3 is 6.61 Å². The van der Waals surface area contributed by atoms with Crippen molar-refractivity contribution in [3.63, 3.8) is 0 Å². The second-order valence-corrected chi connectivity index (χ2v) is 7.09. The molecule has 0 aliphatic carbocycles. The normalized spacial score (nSPS) is 14.5. The van der Waals surface area contributed by atoms with Crippen LogP contribution in [0.5, 0.6) is 11.5 Å². The third-order valence-electron chi connectivity index (χ3n) is 5.18. The number of amides is 2. The second kappa shape index (κ2) is 9.56. The zero-order valence-electron chi connectivity index (χ0n) is 16.9. The summed E-state index contributed by atoms with van der Waals surface area (Å²) < 4.78 is 35.5. The second-order valence-electron chi connectivity index (χ2n) is 7.09. The summed E-state index contributed by atoms with van der Waals surface area (Å²) in [6.07, 6.45) is 1.17. The molecule has 6 nitrogen and oxygen atoms in total. The van der Waals surface area contributed by atoms with Gasteiger partial charge in [0.15, 0.2) is 0 Å². The number of nitrogens with one attached hydrogen (secondary N) is 1. The molecule has 30 heavy (non-hydrogen) atoms. The van der Waals surface area contributed by atoms with Gasteiger partial charge in [-0.15, -0.1) is 0 Å². The number of rotatable bonds is 6. The van der Waals surface area contributed by atoms with Crippen LogP contribution in [0.15, 0.2) is 42.5 Å². The maximum absolute atomic E-state index is 12.8. The van der Waals surface area contributed by atoms with Crippen LogP contribution in [0.4, 0.5) is 14.5 Å². The van der Waals surface area contributed by atoms with E-state index < -0.39 is 6.61 Å². The Morgan fingerprint density at radius 3 is 2.33 bits per heavy atom.